The van der Waals surface area contributed by atoms with Gasteiger partial charge in [-0.05, 0) is 183 Å². The summed E-state index contributed by atoms with van der Waals surface area (Å²) in [5, 5.41) is 9.99. The van der Waals surface area contributed by atoms with Gasteiger partial charge in [0.2, 0.25) is 0 Å². The summed E-state index contributed by atoms with van der Waals surface area (Å²) in [6.45, 7) is 0. The number of hydrogen-bond donors (Lipinski definition) is 0. The molecule has 2 heteroatoms. The SMILES string of the molecule is C(=C\c1ccc2c(c1)C1(c3ccccc3-c3ccccc31)c1cc(/C=C/c3ccc(-c4ccc5c(c4)c4ccccc4n5-c4ccc5ccccc5c4)cc3)ccc1-2)/c1ccc(-c2ccc3c(c2)c2ccccc2n3-c2ccc3ccccc3c2)cc1. The highest BCUT2D eigenvalue weighted by atomic mass is 15.0. The number of aromatic nitrogens is 2. The molecule has 0 saturated carbocycles. The molecule has 0 bridgehead atoms. The smallest absolute Gasteiger partial charge is 0.0725 e. The second kappa shape index (κ2) is 19.4. The van der Waals surface area contributed by atoms with Gasteiger partial charge < -0.3 is 9.13 Å². The van der Waals surface area contributed by atoms with Crippen LogP contribution in [0.15, 0.2) is 303 Å². The van der Waals surface area contributed by atoms with Crippen molar-refractivity contribution in [2.24, 2.45) is 0 Å². The van der Waals surface area contributed by atoms with E-state index in [0.29, 0.717) is 0 Å². The summed E-state index contributed by atoms with van der Waals surface area (Å²) in [5.74, 6) is 0. The molecule has 0 amide bonds. The Morgan fingerprint density at radius 3 is 1.05 bits per heavy atom. The Morgan fingerprint density at radius 1 is 0.218 bits per heavy atom. The van der Waals surface area contributed by atoms with Crippen molar-refractivity contribution >= 4 is 89.5 Å². The summed E-state index contributed by atoms with van der Waals surface area (Å²) >= 11 is 0. The molecule has 0 saturated heterocycles. The number of benzene rings is 14. The minimum absolute atomic E-state index is 0.472. The molecule has 1 spiro atoms. The highest BCUT2D eigenvalue weighted by Crippen LogP contribution is 2.63. The molecule has 14 aromatic carbocycles. The lowest BCUT2D eigenvalue weighted by Crippen LogP contribution is -2.26. The molecular formula is C85H54N2. The summed E-state index contributed by atoms with van der Waals surface area (Å²) in [5.41, 5.74) is 26.7. The molecule has 0 unspecified atom stereocenters. The number of hydrogen-bond acceptors (Lipinski definition) is 0. The van der Waals surface area contributed by atoms with Gasteiger partial charge in [-0.25, -0.2) is 0 Å². The van der Waals surface area contributed by atoms with E-state index < -0.39 is 5.41 Å². The maximum Gasteiger partial charge on any atom is 0.0725 e. The standard InChI is InChI=1S/C85H54N2/c1-3-15-63-51-67(43-39-59(63)13-1)86-81-23-11-7-19-73(81)75-53-65(41-47-83(75)86)61-35-29-55(30-36-61)25-27-57-33-45-71-72-46-34-58(50-80(72)85(79(71)49-57)77-21-9-5-17-69(77)70-18-6-10-22-78(70)85)28-26-56-31-37-62(38-32-56)66-42-48-84-76(54-66)74-20-8-12-24-82(74)87(84)68-44-40-60-14-2-4-16-64(60)52-68/h1-54H/b27-25+,28-26+. The Balaban J connectivity index is 0.648. The van der Waals surface area contributed by atoms with Crippen LogP contribution in [0, 0.1) is 0 Å². The van der Waals surface area contributed by atoms with Crippen LogP contribution in [0.2, 0.25) is 0 Å². The van der Waals surface area contributed by atoms with Gasteiger partial charge in [-0.2, -0.15) is 0 Å². The van der Waals surface area contributed by atoms with Crippen molar-refractivity contribution in [1.82, 2.24) is 9.13 Å². The van der Waals surface area contributed by atoms with Gasteiger partial charge in [0.15, 0.2) is 0 Å². The van der Waals surface area contributed by atoms with Crippen molar-refractivity contribution < 1.29 is 0 Å². The van der Waals surface area contributed by atoms with Crippen LogP contribution in [-0.2, 0) is 5.41 Å². The summed E-state index contributed by atoms with van der Waals surface area (Å²) in [4.78, 5) is 0. The van der Waals surface area contributed by atoms with Crippen molar-refractivity contribution in [2.75, 3.05) is 0 Å². The van der Waals surface area contributed by atoms with E-state index in [1.54, 1.807) is 0 Å². The molecule has 18 rings (SSSR count). The molecule has 0 aliphatic heterocycles. The topological polar surface area (TPSA) is 9.86 Å². The lowest BCUT2D eigenvalue weighted by molar-refractivity contribution is 0.793. The van der Waals surface area contributed by atoms with Crippen LogP contribution in [0.1, 0.15) is 44.5 Å². The first kappa shape index (κ1) is 49.1. The molecule has 2 nitrogen and oxygen atoms in total. The minimum Gasteiger partial charge on any atom is -0.309 e. The Labute approximate surface area is 504 Å². The van der Waals surface area contributed by atoms with Crippen LogP contribution in [0.5, 0.6) is 0 Å². The first-order chi connectivity index (χ1) is 43.1. The molecule has 0 radical (unpaired) electrons. The monoisotopic (exact) mass is 1100 g/mol. The largest absolute Gasteiger partial charge is 0.309 e. The van der Waals surface area contributed by atoms with Gasteiger partial charge in [0.25, 0.3) is 0 Å². The van der Waals surface area contributed by atoms with Crippen molar-refractivity contribution in [3.8, 4) is 55.9 Å². The average Bonchev–Trinajstić information content (AvgIpc) is 1.55. The Bertz CT molecular complexity index is 5220. The molecule has 2 heterocycles. The zero-order chi connectivity index (χ0) is 57.2. The number of nitrogens with zero attached hydrogens (tertiary/aromatic N) is 2. The Morgan fingerprint density at radius 2 is 0.575 bits per heavy atom. The van der Waals surface area contributed by atoms with Gasteiger partial charge in [-0.1, -0.05) is 255 Å². The normalized spacial score (nSPS) is 13.1. The fraction of sp³-hybridized carbons (Fsp3) is 0.0118. The van der Waals surface area contributed by atoms with Gasteiger partial charge in [0.1, 0.15) is 0 Å². The van der Waals surface area contributed by atoms with Crippen LogP contribution in [0.4, 0.5) is 0 Å². The second-order valence-corrected chi connectivity index (χ2v) is 23.6. The van der Waals surface area contributed by atoms with Crippen LogP contribution < -0.4 is 0 Å². The van der Waals surface area contributed by atoms with Crippen molar-refractivity contribution in [2.45, 2.75) is 5.41 Å². The van der Waals surface area contributed by atoms with E-state index in [-0.39, 0.29) is 0 Å². The number of rotatable bonds is 8. The van der Waals surface area contributed by atoms with Crippen LogP contribution >= 0.6 is 0 Å². The van der Waals surface area contributed by atoms with Crippen LogP contribution in [-0.4, -0.2) is 9.13 Å². The predicted molar refractivity (Wildman–Crippen MR) is 368 cm³/mol. The first-order valence-electron chi connectivity index (χ1n) is 30.2. The fourth-order valence-corrected chi connectivity index (χ4v) is 14.8. The highest BCUT2D eigenvalue weighted by Gasteiger charge is 2.51. The molecule has 0 fully saturated rings. The summed E-state index contributed by atoms with van der Waals surface area (Å²) in [6.07, 6.45) is 9.10. The Kier molecular flexibility index (Phi) is 10.9. The lowest BCUT2D eigenvalue weighted by atomic mass is 9.70. The lowest BCUT2D eigenvalue weighted by Gasteiger charge is -2.30. The van der Waals surface area contributed by atoms with E-state index in [4.69, 9.17) is 0 Å². The third-order valence-corrected chi connectivity index (χ3v) is 18.9. The molecule has 404 valence electrons. The van der Waals surface area contributed by atoms with E-state index in [0.717, 1.165) is 11.1 Å². The van der Waals surface area contributed by atoms with Crippen molar-refractivity contribution in [1.29, 1.82) is 0 Å². The Hall–Kier alpha value is -11.3. The molecule has 2 aliphatic carbocycles. The van der Waals surface area contributed by atoms with Crippen molar-refractivity contribution in [3.05, 3.63) is 348 Å². The summed E-state index contributed by atoms with van der Waals surface area (Å²) in [7, 11) is 0. The molecule has 16 aromatic rings. The summed E-state index contributed by atoms with van der Waals surface area (Å²) in [6, 6.07) is 113. The van der Waals surface area contributed by atoms with E-state index >= 15 is 0 Å². The number of fused-ring (bicyclic) bond motifs is 18. The third kappa shape index (κ3) is 7.68. The molecule has 0 N–H and O–H groups in total. The molecule has 2 aliphatic rings. The molecular weight excluding hydrogens is 1050 g/mol. The quantitative estimate of drug-likeness (QED) is 0.134. The van der Waals surface area contributed by atoms with Crippen molar-refractivity contribution in [3.63, 3.8) is 0 Å². The maximum atomic E-state index is 2.46. The van der Waals surface area contributed by atoms with Gasteiger partial charge in [0.05, 0.1) is 27.5 Å². The van der Waals surface area contributed by atoms with Gasteiger partial charge in [-0.3, -0.25) is 0 Å². The van der Waals surface area contributed by atoms with Gasteiger partial charge in [0, 0.05) is 32.9 Å². The second-order valence-electron chi connectivity index (χ2n) is 23.6. The van der Waals surface area contributed by atoms with Gasteiger partial charge >= 0.3 is 0 Å². The molecule has 0 atom stereocenters. The minimum atomic E-state index is -0.472. The summed E-state index contributed by atoms with van der Waals surface area (Å²) < 4.78 is 4.81. The molecule has 87 heavy (non-hydrogen) atoms. The first-order valence-corrected chi connectivity index (χ1v) is 30.2. The van der Waals surface area contributed by atoms with E-state index in [1.807, 2.05) is 0 Å². The predicted octanol–water partition coefficient (Wildman–Crippen LogP) is 22.2. The van der Waals surface area contributed by atoms with Crippen LogP contribution in [0.3, 0.4) is 0 Å². The third-order valence-electron chi connectivity index (χ3n) is 18.9. The fourth-order valence-electron chi connectivity index (χ4n) is 14.8. The molecule has 2 aromatic heterocycles. The van der Waals surface area contributed by atoms with E-state index in [9.17, 15) is 0 Å². The average molecular weight is 1100 g/mol. The zero-order valence-corrected chi connectivity index (χ0v) is 47.6. The van der Waals surface area contributed by atoms with E-state index in [2.05, 4.69) is 337 Å². The van der Waals surface area contributed by atoms with Gasteiger partial charge in [-0.15, -0.1) is 0 Å². The van der Waals surface area contributed by atoms with E-state index in [1.165, 1.54) is 154 Å². The zero-order valence-electron chi connectivity index (χ0n) is 47.6. The maximum absolute atomic E-state index is 2.46. The van der Waals surface area contributed by atoms with Crippen LogP contribution in [0.25, 0.3) is 145 Å². The highest BCUT2D eigenvalue weighted by molar-refractivity contribution is 6.12. The number of para-hydroxylation sites is 2.